The van der Waals surface area contributed by atoms with Gasteiger partial charge in [-0.2, -0.15) is 13.2 Å². The molecule has 2 heterocycles. The van der Waals surface area contributed by atoms with Crippen LogP contribution in [0.25, 0.3) is 6.08 Å². The first-order chi connectivity index (χ1) is 18.5. The summed E-state index contributed by atoms with van der Waals surface area (Å²) in [4.78, 5) is 38.4. The minimum atomic E-state index is -4.58. The van der Waals surface area contributed by atoms with Crippen molar-refractivity contribution in [3.63, 3.8) is 0 Å². The summed E-state index contributed by atoms with van der Waals surface area (Å²) in [6.07, 6.45) is 0.0238. The lowest BCUT2D eigenvalue weighted by molar-refractivity contribution is -0.138. The lowest BCUT2D eigenvalue weighted by atomic mass is 10.1. The number of benzene rings is 2. The van der Waals surface area contributed by atoms with Crippen LogP contribution in [0, 0.1) is 5.41 Å². The van der Waals surface area contributed by atoms with Crippen molar-refractivity contribution in [2.75, 3.05) is 25.0 Å². The van der Waals surface area contributed by atoms with Crippen LogP contribution in [-0.4, -0.2) is 52.1 Å². The molecule has 0 radical (unpaired) electrons. The summed E-state index contributed by atoms with van der Waals surface area (Å²) in [7, 11) is 0. The molecule has 0 saturated carbocycles. The third-order valence-electron chi connectivity index (χ3n) is 5.90. The van der Waals surface area contributed by atoms with Crippen LogP contribution in [0.4, 0.5) is 23.7 Å². The monoisotopic (exact) mass is 597 g/mol. The van der Waals surface area contributed by atoms with Gasteiger partial charge < -0.3 is 10.7 Å². The smallest absolute Gasteiger partial charge is 0.380 e. The van der Waals surface area contributed by atoms with E-state index in [2.05, 4.69) is 10.0 Å². The Labute approximate surface area is 236 Å². The highest BCUT2D eigenvalue weighted by Gasteiger charge is 2.36. The van der Waals surface area contributed by atoms with E-state index in [1.807, 2.05) is 4.31 Å². The summed E-state index contributed by atoms with van der Waals surface area (Å²) >= 11 is 7.61. The second-order valence-electron chi connectivity index (χ2n) is 8.66. The molecule has 0 spiro atoms. The minimum absolute atomic E-state index is 0.0107. The molecule has 0 aliphatic carbocycles. The molecule has 2 fully saturated rings. The fraction of sp³-hybridized carbons (Fsp3) is 0.280. The molecule has 3 amide bonds. The summed E-state index contributed by atoms with van der Waals surface area (Å²) in [5.41, 5.74) is 0.411. The number of carbonyl (C=O) groups is 3. The molecular formula is C25H23ClF3N5O3S2. The van der Waals surface area contributed by atoms with Gasteiger partial charge in [-0.25, -0.2) is 4.31 Å². The highest BCUT2D eigenvalue weighted by molar-refractivity contribution is 8.18. The first-order valence-corrected chi connectivity index (χ1v) is 13.7. The normalized spacial score (nSPS) is 17.2. The maximum absolute atomic E-state index is 13.4. The van der Waals surface area contributed by atoms with Gasteiger partial charge in [-0.3, -0.25) is 24.0 Å². The predicted molar refractivity (Wildman–Crippen MR) is 147 cm³/mol. The molecule has 4 rings (SSSR count). The molecule has 8 nitrogen and oxygen atoms in total. The Morgan fingerprint density at radius 2 is 1.90 bits per heavy atom. The predicted octanol–water partition coefficient (Wildman–Crippen LogP) is 5.78. The van der Waals surface area contributed by atoms with Crippen molar-refractivity contribution in [3.8, 4) is 0 Å². The zero-order chi connectivity index (χ0) is 28.2. The Bertz CT molecular complexity index is 1330. The van der Waals surface area contributed by atoms with Gasteiger partial charge in [0.25, 0.3) is 17.1 Å². The summed E-state index contributed by atoms with van der Waals surface area (Å²) in [5.74, 6) is -1.07. The number of carbonyl (C=O) groups excluding carboxylic acids is 3. The highest BCUT2D eigenvalue weighted by atomic mass is 35.5. The van der Waals surface area contributed by atoms with Crippen LogP contribution in [-0.2, 0) is 22.3 Å². The minimum Gasteiger partial charge on any atom is -0.380 e. The Balaban J connectivity index is 1.42. The first-order valence-electron chi connectivity index (χ1n) is 11.8. The molecule has 0 atom stereocenters. The standard InChI is InChI=1S/C25H23ClF3N5O3S2/c26-18-5-4-16(19(11-18)25(27,28)29)13-31-20-6-3-15(9-17(20)12-30)10-21-23(36)34(24(37)38-21)14-22(35)32-39-33-7-1-2-8-33/h3-6,9-12,30-31H,1-2,7-8,13-14H2,(H,32,35). The fourth-order valence-corrected chi connectivity index (χ4v) is 5.71. The average molecular weight is 598 g/mol. The first kappa shape index (κ1) is 29.0. The molecule has 2 aliphatic heterocycles. The van der Waals surface area contributed by atoms with Crippen LogP contribution in [0.5, 0.6) is 0 Å². The number of nitrogens with one attached hydrogen (secondary N) is 3. The van der Waals surface area contributed by atoms with Gasteiger partial charge in [0, 0.05) is 54.3 Å². The van der Waals surface area contributed by atoms with E-state index in [-0.39, 0.29) is 22.0 Å². The topological polar surface area (TPSA) is 106 Å². The van der Waals surface area contributed by atoms with Crippen LogP contribution in [0.2, 0.25) is 5.02 Å². The molecule has 206 valence electrons. The molecule has 3 N–H and O–H groups in total. The lowest BCUT2D eigenvalue weighted by Crippen LogP contribution is -2.38. The molecule has 0 unspecified atom stereocenters. The lowest BCUT2D eigenvalue weighted by Gasteiger charge is -2.16. The number of hydrogen-bond donors (Lipinski definition) is 3. The van der Waals surface area contributed by atoms with Gasteiger partial charge in [-0.05, 0) is 66.1 Å². The van der Waals surface area contributed by atoms with Crippen molar-refractivity contribution in [1.82, 2.24) is 13.9 Å². The number of nitrogens with zero attached hydrogens (tertiary/aromatic N) is 2. The van der Waals surface area contributed by atoms with Crippen molar-refractivity contribution in [3.05, 3.63) is 68.6 Å². The van der Waals surface area contributed by atoms with Gasteiger partial charge in [-0.1, -0.05) is 23.7 Å². The largest absolute Gasteiger partial charge is 0.416 e. The molecule has 2 saturated heterocycles. The number of alkyl halides is 3. The van der Waals surface area contributed by atoms with Gasteiger partial charge in [0.05, 0.1) is 10.5 Å². The molecule has 2 aromatic carbocycles. The van der Waals surface area contributed by atoms with E-state index in [4.69, 9.17) is 17.0 Å². The summed E-state index contributed by atoms with van der Waals surface area (Å²) in [5, 5.41) is 10.0. The number of hydrogen-bond acceptors (Lipinski definition) is 8. The van der Waals surface area contributed by atoms with Crippen LogP contribution < -0.4 is 10.0 Å². The van der Waals surface area contributed by atoms with E-state index in [1.54, 1.807) is 18.2 Å². The molecule has 2 aliphatic rings. The number of amides is 3. The zero-order valence-electron chi connectivity index (χ0n) is 20.3. The summed E-state index contributed by atoms with van der Waals surface area (Å²) < 4.78 is 44.8. The fourth-order valence-electron chi connectivity index (χ4n) is 3.97. The van der Waals surface area contributed by atoms with Crippen LogP contribution in [0.3, 0.4) is 0 Å². The SMILES string of the molecule is N=Cc1cc(C=C2SC(=O)N(CC(=O)NSN3CCCC3)C2=O)ccc1NCc1ccc(Cl)cc1C(F)(F)F. The Morgan fingerprint density at radius 3 is 2.59 bits per heavy atom. The molecule has 0 bridgehead atoms. The molecular weight excluding hydrogens is 575 g/mol. The number of imide groups is 1. The zero-order valence-corrected chi connectivity index (χ0v) is 22.7. The van der Waals surface area contributed by atoms with E-state index < -0.39 is 35.3 Å². The number of halogens is 4. The molecule has 14 heteroatoms. The van der Waals surface area contributed by atoms with Gasteiger partial charge in [0.15, 0.2) is 0 Å². The van der Waals surface area contributed by atoms with Crippen molar-refractivity contribution >= 4 is 70.5 Å². The van der Waals surface area contributed by atoms with Crippen molar-refractivity contribution in [2.45, 2.75) is 25.6 Å². The van der Waals surface area contributed by atoms with E-state index in [0.29, 0.717) is 28.6 Å². The second-order valence-corrected chi connectivity index (χ2v) is 11.0. The summed E-state index contributed by atoms with van der Waals surface area (Å²) in [6, 6.07) is 8.27. The van der Waals surface area contributed by atoms with Crippen molar-refractivity contribution in [1.29, 1.82) is 5.41 Å². The van der Waals surface area contributed by atoms with Crippen molar-refractivity contribution < 1.29 is 27.6 Å². The van der Waals surface area contributed by atoms with E-state index in [0.717, 1.165) is 43.1 Å². The van der Waals surface area contributed by atoms with Crippen LogP contribution >= 0.6 is 35.5 Å². The number of rotatable bonds is 9. The van der Waals surface area contributed by atoms with Gasteiger partial charge in [0.1, 0.15) is 6.54 Å². The Hall–Kier alpha value is -3.00. The molecule has 0 aromatic heterocycles. The Kier molecular flexibility index (Phi) is 9.26. The summed E-state index contributed by atoms with van der Waals surface area (Å²) in [6.45, 7) is 1.15. The molecule has 39 heavy (non-hydrogen) atoms. The average Bonchev–Trinajstić information content (AvgIpc) is 3.50. The second kappa shape index (κ2) is 12.5. The van der Waals surface area contributed by atoms with Gasteiger partial charge in [0.2, 0.25) is 0 Å². The van der Waals surface area contributed by atoms with Crippen LogP contribution in [0.1, 0.15) is 35.1 Å². The maximum atomic E-state index is 13.4. The maximum Gasteiger partial charge on any atom is 0.416 e. The third kappa shape index (κ3) is 7.35. The van der Waals surface area contributed by atoms with Gasteiger partial charge in [-0.15, -0.1) is 0 Å². The van der Waals surface area contributed by atoms with E-state index >= 15 is 0 Å². The Morgan fingerprint density at radius 1 is 1.15 bits per heavy atom. The van der Waals surface area contributed by atoms with Crippen LogP contribution in [0.15, 0.2) is 41.3 Å². The van der Waals surface area contributed by atoms with E-state index in [9.17, 15) is 27.6 Å². The third-order valence-corrected chi connectivity index (χ3v) is 7.99. The van der Waals surface area contributed by atoms with E-state index in [1.165, 1.54) is 30.3 Å². The quantitative estimate of drug-likeness (QED) is 0.191. The highest BCUT2D eigenvalue weighted by Crippen LogP contribution is 2.35. The number of thioether (sulfide) groups is 1. The molecule has 2 aromatic rings. The number of anilines is 1. The van der Waals surface area contributed by atoms with Crippen molar-refractivity contribution in [2.24, 2.45) is 0 Å². The van der Waals surface area contributed by atoms with Gasteiger partial charge >= 0.3 is 6.18 Å².